The molecular formula is C11H14FNO. The lowest BCUT2D eigenvalue weighted by atomic mass is 10.1. The third kappa shape index (κ3) is 1.65. The first-order valence-electron chi connectivity index (χ1n) is 4.94. The molecule has 1 aliphatic rings. The van der Waals surface area contributed by atoms with Gasteiger partial charge in [0.2, 0.25) is 0 Å². The molecule has 14 heavy (non-hydrogen) atoms. The molecule has 1 atom stereocenters. The largest absolute Gasteiger partial charge is 0.395 e. The fourth-order valence-electron chi connectivity index (χ4n) is 2.06. The van der Waals surface area contributed by atoms with Crippen molar-refractivity contribution in [3.8, 4) is 0 Å². The van der Waals surface area contributed by atoms with Gasteiger partial charge < -0.3 is 10.4 Å². The van der Waals surface area contributed by atoms with Gasteiger partial charge in [-0.2, -0.15) is 0 Å². The van der Waals surface area contributed by atoms with Gasteiger partial charge in [0.15, 0.2) is 0 Å². The highest BCUT2D eigenvalue weighted by Crippen LogP contribution is 2.32. The van der Waals surface area contributed by atoms with Gasteiger partial charge in [-0.1, -0.05) is 12.1 Å². The van der Waals surface area contributed by atoms with Crippen LogP contribution in [0.5, 0.6) is 0 Å². The Labute approximate surface area is 82.8 Å². The van der Waals surface area contributed by atoms with Gasteiger partial charge in [-0.3, -0.25) is 0 Å². The quantitative estimate of drug-likeness (QED) is 0.764. The maximum absolute atomic E-state index is 13.3. The summed E-state index contributed by atoms with van der Waals surface area (Å²) in [4.78, 5) is 0. The smallest absolute Gasteiger partial charge is 0.126 e. The van der Waals surface area contributed by atoms with Crippen molar-refractivity contribution >= 4 is 0 Å². The summed E-state index contributed by atoms with van der Waals surface area (Å²) in [5, 5.41) is 11.9. The van der Waals surface area contributed by atoms with Crippen molar-refractivity contribution in [3.63, 3.8) is 0 Å². The van der Waals surface area contributed by atoms with Crippen LogP contribution in [0.25, 0.3) is 0 Å². The molecule has 0 aromatic heterocycles. The van der Waals surface area contributed by atoms with Gasteiger partial charge in [0.05, 0.1) is 6.61 Å². The Bertz CT molecular complexity index is 327. The van der Waals surface area contributed by atoms with Crippen molar-refractivity contribution in [2.75, 3.05) is 13.2 Å². The van der Waals surface area contributed by atoms with Gasteiger partial charge in [0.25, 0.3) is 0 Å². The predicted octanol–water partition coefficient (Wildman–Crippen LogP) is 1.39. The van der Waals surface area contributed by atoms with Crippen molar-refractivity contribution in [2.45, 2.75) is 18.9 Å². The van der Waals surface area contributed by atoms with Crippen molar-refractivity contribution < 1.29 is 9.50 Å². The van der Waals surface area contributed by atoms with E-state index in [4.69, 9.17) is 5.11 Å². The summed E-state index contributed by atoms with van der Waals surface area (Å²) in [5.41, 5.74) is 1.89. The van der Waals surface area contributed by atoms with E-state index in [1.54, 1.807) is 6.07 Å². The van der Waals surface area contributed by atoms with E-state index < -0.39 is 0 Å². The van der Waals surface area contributed by atoms with Gasteiger partial charge in [0, 0.05) is 12.6 Å². The second-order valence-electron chi connectivity index (χ2n) is 3.58. The van der Waals surface area contributed by atoms with E-state index >= 15 is 0 Å². The van der Waals surface area contributed by atoms with E-state index in [1.807, 2.05) is 6.07 Å². The highest BCUT2D eigenvalue weighted by Gasteiger charge is 2.23. The second-order valence-corrected chi connectivity index (χ2v) is 3.58. The predicted molar refractivity (Wildman–Crippen MR) is 52.6 cm³/mol. The Morgan fingerprint density at radius 2 is 2.36 bits per heavy atom. The van der Waals surface area contributed by atoms with E-state index in [-0.39, 0.29) is 18.5 Å². The summed E-state index contributed by atoms with van der Waals surface area (Å²) in [6.07, 6.45) is 1.72. The number of aliphatic hydroxyl groups excluding tert-OH is 1. The molecule has 0 saturated heterocycles. The van der Waals surface area contributed by atoms with Crippen LogP contribution in [0.2, 0.25) is 0 Å². The van der Waals surface area contributed by atoms with Crippen LogP contribution in [-0.4, -0.2) is 18.3 Å². The number of hydrogen-bond acceptors (Lipinski definition) is 2. The summed E-state index contributed by atoms with van der Waals surface area (Å²) in [6.45, 7) is 0.696. The van der Waals surface area contributed by atoms with Gasteiger partial charge in [-0.25, -0.2) is 4.39 Å². The maximum Gasteiger partial charge on any atom is 0.126 e. The van der Waals surface area contributed by atoms with E-state index in [9.17, 15) is 4.39 Å². The zero-order valence-electron chi connectivity index (χ0n) is 7.96. The lowest BCUT2D eigenvalue weighted by Crippen LogP contribution is -2.22. The molecule has 0 bridgehead atoms. The van der Waals surface area contributed by atoms with Crippen LogP contribution in [0, 0.1) is 5.82 Å². The molecule has 2 N–H and O–H groups in total. The van der Waals surface area contributed by atoms with Crippen LogP contribution in [0.1, 0.15) is 23.6 Å². The van der Waals surface area contributed by atoms with E-state index in [1.165, 1.54) is 6.07 Å². The maximum atomic E-state index is 13.3. The van der Waals surface area contributed by atoms with Gasteiger partial charge in [-0.05, 0) is 30.0 Å². The molecular weight excluding hydrogens is 181 g/mol. The Morgan fingerprint density at radius 1 is 1.50 bits per heavy atom. The first-order valence-corrected chi connectivity index (χ1v) is 4.94. The molecule has 0 heterocycles. The molecule has 3 heteroatoms. The van der Waals surface area contributed by atoms with Crippen molar-refractivity contribution in [1.29, 1.82) is 0 Å². The molecule has 0 amide bonds. The summed E-state index contributed by atoms with van der Waals surface area (Å²) in [6, 6.07) is 5.42. The SMILES string of the molecule is OCCNC1CCc2c(F)cccc21. The molecule has 2 rings (SSSR count). The Hall–Kier alpha value is -0.930. The van der Waals surface area contributed by atoms with Crippen LogP contribution in [0.4, 0.5) is 4.39 Å². The van der Waals surface area contributed by atoms with Crippen LogP contribution in [-0.2, 0) is 6.42 Å². The molecule has 1 aromatic rings. The Morgan fingerprint density at radius 3 is 3.14 bits per heavy atom. The minimum atomic E-state index is -0.101. The molecule has 1 aromatic carbocycles. The number of fused-ring (bicyclic) bond motifs is 1. The van der Waals surface area contributed by atoms with Gasteiger partial charge >= 0.3 is 0 Å². The first kappa shape index (κ1) is 9.62. The van der Waals surface area contributed by atoms with Crippen molar-refractivity contribution in [3.05, 3.63) is 35.1 Å². The average Bonchev–Trinajstić information content (AvgIpc) is 2.60. The lowest BCUT2D eigenvalue weighted by molar-refractivity contribution is 0.284. The fraction of sp³-hybridized carbons (Fsp3) is 0.455. The van der Waals surface area contributed by atoms with E-state index in [2.05, 4.69) is 5.32 Å². The highest BCUT2D eigenvalue weighted by molar-refractivity contribution is 5.35. The first-order chi connectivity index (χ1) is 6.83. The Balaban J connectivity index is 2.18. The van der Waals surface area contributed by atoms with Crippen LogP contribution >= 0.6 is 0 Å². The number of hydrogen-bond donors (Lipinski definition) is 2. The third-order valence-electron chi connectivity index (χ3n) is 2.72. The molecule has 76 valence electrons. The second kappa shape index (κ2) is 4.07. The molecule has 0 radical (unpaired) electrons. The molecule has 0 fully saturated rings. The van der Waals surface area contributed by atoms with E-state index in [0.717, 1.165) is 24.0 Å². The summed E-state index contributed by atoms with van der Waals surface area (Å²) >= 11 is 0. The van der Waals surface area contributed by atoms with Gasteiger partial charge in [-0.15, -0.1) is 0 Å². The standard InChI is InChI=1S/C11H14FNO/c12-10-3-1-2-9-8(10)4-5-11(9)13-6-7-14/h1-3,11,13-14H,4-7H2. The summed E-state index contributed by atoms with van der Waals surface area (Å²) in [5.74, 6) is -0.101. The molecule has 2 nitrogen and oxygen atoms in total. The topological polar surface area (TPSA) is 32.3 Å². The zero-order valence-corrected chi connectivity index (χ0v) is 7.96. The molecule has 0 aliphatic heterocycles. The normalized spacial score (nSPS) is 19.7. The van der Waals surface area contributed by atoms with E-state index in [0.29, 0.717) is 6.54 Å². The van der Waals surface area contributed by atoms with Crippen molar-refractivity contribution in [1.82, 2.24) is 5.32 Å². The van der Waals surface area contributed by atoms with Crippen LogP contribution in [0.3, 0.4) is 0 Å². The van der Waals surface area contributed by atoms with Gasteiger partial charge in [0.1, 0.15) is 5.82 Å². The number of benzene rings is 1. The van der Waals surface area contributed by atoms with Crippen molar-refractivity contribution in [2.24, 2.45) is 0 Å². The van der Waals surface area contributed by atoms with Crippen LogP contribution in [0.15, 0.2) is 18.2 Å². The van der Waals surface area contributed by atoms with Crippen LogP contribution < -0.4 is 5.32 Å². The minimum Gasteiger partial charge on any atom is -0.395 e. The minimum absolute atomic E-state index is 0.101. The lowest BCUT2D eigenvalue weighted by Gasteiger charge is -2.12. The number of nitrogens with one attached hydrogen (secondary N) is 1. The molecule has 0 spiro atoms. The average molecular weight is 195 g/mol. The summed E-state index contributed by atoms with van der Waals surface area (Å²) in [7, 11) is 0. The molecule has 1 unspecified atom stereocenters. The Kier molecular flexibility index (Phi) is 2.79. The summed E-state index contributed by atoms with van der Waals surface area (Å²) < 4.78 is 13.3. The highest BCUT2D eigenvalue weighted by atomic mass is 19.1. The fourth-order valence-corrected chi connectivity index (χ4v) is 2.06. The monoisotopic (exact) mass is 195 g/mol. The molecule has 0 saturated carbocycles. The zero-order chi connectivity index (χ0) is 9.97. The number of halogens is 1. The third-order valence-corrected chi connectivity index (χ3v) is 2.72. The molecule has 1 aliphatic carbocycles. The number of aliphatic hydroxyl groups is 1. The number of rotatable bonds is 3.